The van der Waals surface area contributed by atoms with Crippen LogP contribution in [0.3, 0.4) is 0 Å². The summed E-state index contributed by atoms with van der Waals surface area (Å²) in [6, 6.07) is 0. The minimum atomic E-state index is 0. The number of hydrogen-bond acceptors (Lipinski definition) is 3. The fourth-order valence-corrected chi connectivity index (χ4v) is 0.0250. The minimum Gasteiger partial charge on any atom is -0.229 e. The summed E-state index contributed by atoms with van der Waals surface area (Å²) in [6.07, 6.45) is 2.81. The molecule has 0 saturated carbocycles. The molecule has 0 aromatic heterocycles. The van der Waals surface area contributed by atoms with Crippen molar-refractivity contribution in [3.8, 4) is 12.4 Å². The maximum Gasteiger partial charge on any atom is 0.190 e. The first-order valence-corrected chi connectivity index (χ1v) is 0.947. The molecule has 0 saturated heterocycles. The van der Waals surface area contributed by atoms with Crippen LogP contribution < -0.4 is 5.32 Å². The zero-order valence-electron chi connectivity index (χ0n) is 2.97. The van der Waals surface area contributed by atoms with E-state index in [0.717, 1.165) is 0 Å². The van der Waals surface area contributed by atoms with Crippen molar-refractivity contribution in [2.45, 2.75) is 0 Å². The third kappa shape index (κ3) is 13.6. The fraction of sp³-hybridized carbons (Fsp3) is 0. The molecule has 27 valence electrons. The standard InChI is InChI=1S/C2HN3.B/c3-1-5-2-4;/h5H;. The summed E-state index contributed by atoms with van der Waals surface area (Å²) in [5.41, 5.74) is 0. The van der Waals surface area contributed by atoms with Crippen molar-refractivity contribution < 1.29 is 0 Å². The maximum atomic E-state index is 7.48. The van der Waals surface area contributed by atoms with Gasteiger partial charge in [0.05, 0.1) is 0 Å². The lowest BCUT2D eigenvalue weighted by atomic mass is 10.8. The molecular weight excluding hydrogens is 76.9 g/mol. The van der Waals surface area contributed by atoms with Crippen LogP contribution in [0.2, 0.25) is 0 Å². The summed E-state index contributed by atoms with van der Waals surface area (Å²) < 4.78 is 0. The second-order valence-electron chi connectivity index (χ2n) is 0.349. The van der Waals surface area contributed by atoms with Gasteiger partial charge in [0.15, 0.2) is 12.4 Å². The van der Waals surface area contributed by atoms with E-state index in [0.29, 0.717) is 0 Å². The highest BCUT2D eigenvalue weighted by atomic mass is 14.8. The van der Waals surface area contributed by atoms with Crippen LogP contribution in [0.4, 0.5) is 0 Å². The fourth-order valence-electron chi connectivity index (χ4n) is 0.0250. The van der Waals surface area contributed by atoms with Crippen molar-refractivity contribution in [3.63, 3.8) is 0 Å². The van der Waals surface area contributed by atoms with E-state index in [4.69, 9.17) is 10.5 Å². The third-order valence-electron chi connectivity index (χ3n) is 0.112. The first kappa shape index (κ1) is 8.85. The number of nitriles is 2. The SMILES string of the molecule is N#CNC#N.[B]. The molecule has 0 spiro atoms. The van der Waals surface area contributed by atoms with Gasteiger partial charge in [-0.2, -0.15) is 10.5 Å². The molecule has 0 unspecified atom stereocenters. The Kier molecular flexibility index (Phi) is 13.5. The Labute approximate surface area is 37.8 Å². The van der Waals surface area contributed by atoms with Gasteiger partial charge in [-0.15, -0.1) is 0 Å². The molecular formula is C2HBN3. The first-order valence-electron chi connectivity index (χ1n) is 0.947. The summed E-state index contributed by atoms with van der Waals surface area (Å²) in [4.78, 5) is 0. The van der Waals surface area contributed by atoms with Gasteiger partial charge >= 0.3 is 0 Å². The van der Waals surface area contributed by atoms with Gasteiger partial charge in [0.25, 0.3) is 0 Å². The Bertz CT molecular complexity index is 73.9. The van der Waals surface area contributed by atoms with Crippen molar-refractivity contribution in [2.75, 3.05) is 0 Å². The molecule has 0 aliphatic rings. The Morgan fingerprint density at radius 3 is 1.50 bits per heavy atom. The smallest absolute Gasteiger partial charge is 0.190 e. The molecule has 0 heterocycles. The Morgan fingerprint density at radius 2 is 1.50 bits per heavy atom. The van der Waals surface area contributed by atoms with Crippen LogP contribution in [-0.2, 0) is 0 Å². The molecule has 0 aliphatic carbocycles. The van der Waals surface area contributed by atoms with Crippen LogP contribution >= 0.6 is 0 Å². The van der Waals surface area contributed by atoms with Crippen LogP contribution in [0.15, 0.2) is 0 Å². The summed E-state index contributed by atoms with van der Waals surface area (Å²) in [7, 11) is 0. The zero-order valence-corrected chi connectivity index (χ0v) is 2.97. The molecule has 3 radical (unpaired) electrons. The molecule has 4 heteroatoms. The molecule has 0 aliphatic heterocycles. The van der Waals surface area contributed by atoms with E-state index in [1.54, 1.807) is 5.32 Å². The van der Waals surface area contributed by atoms with E-state index in [1.165, 1.54) is 12.4 Å². The number of nitrogens with one attached hydrogen (secondary N) is 1. The summed E-state index contributed by atoms with van der Waals surface area (Å²) in [5, 5.41) is 16.7. The average molecular weight is 77.9 g/mol. The average Bonchev–Trinajstić information content (AvgIpc) is 1.41. The van der Waals surface area contributed by atoms with Gasteiger partial charge in [0.2, 0.25) is 0 Å². The van der Waals surface area contributed by atoms with E-state index < -0.39 is 0 Å². The normalized spacial score (nSPS) is 3.00. The second-order valence-corrected chi connectivity index (χ2v) is 0.349. The molecule has 3 nitrogen and oxygen atoms in total. The van der Waals surface area contributed by atoms with E-state index in [2.05, 4.69) is 0 Å². The summed E-state index contributed by atoms with van der Waals surface area (Å²) in [5.74, 6) is 0. The van der Waals surface area contributed by atoms with Crippen LogP contribution in [0.1, 0.15) is 0 Å². The van der Waals surface area contributed by atoms with E-state index in [-0.39, 0.29) is 8.41 Å². The van der Waals surface area contributed by atoms with Crippen molar-refractivity contribution >= 4 is 8.41 Å². The first-order chi connectivity index (χ1) is 2.41. The Balaban J connectivity index is 0. The van der Waals surface area contributed by atoms with Gasteiger partial charge in [-0.1, -0.05) is 0 Å². The van der Waals surface area contributed by atoms with Gasteiger partial charge in [-0.25, -0.2) is 5.32 Å². The summed E-state index contributed by atoms with van der Waals surface area (Å²) >= 11 is 0. The van der Waals surface area contributed by atoms with Gasteiger partial charge in [-0.05, 0) is 0 Å². The van der Waals surface area contributed by atoms with Crippen LogP contribution in [0, 0.1) is 22.9 Å². The molecule has 0 rings (SSSR count). The Hall–Kier alpha value is -1.16. The second kappa shape index (κ2) is 9.14. The minimum absolute atomic E-state index is 0. The lowest BCUT2D eigenvalue weighted by Crippen LogP contribution is -1.88. The van der Waals surface area contributed by atoms with Crippen molar-refractivity contribution in [3.05, 3.63) is 0 Å². The topological polar surface area (TPSA) is 59.6 Å². The van der Waals surface area contributed by atoms with Gasteiger partial charge in [0, 0.05) is 8.41 Å². The zero-order chi connectivity index (χ0) is 4.12. The predicted octanol–water partition coefficient (Wildman–Crippen LogP) is -0.843. The molecule has 0 atom stereocenters. The number of hydrogen-bond donors (Lipinski definition) is 1. The molecule has 1 N–H and O–H groups in total. The molecule has 0 bridgehead atoms. The molecule has 0 aromatic rings. The lowest BCUT2D eigenvalue weighted by Gasteiger charge is -1.56. The van der Waals surface area contributed by atoms with Crippen molar-refractivity contribution in [2.24, 2.45) is 0 Å². The number of nitrogens with zero attached hydrogens (tertiary/aromatic N) is 2. The maximum absolute atomic E-state index is 7.48. The summed E-state index contributed by atoms with van der Waals surface area (Å²) in [6.45, 7) is 0. The van der Waals surface area contributed by atoms with Gasteiger partial charge in [-0.3, -0.25) is 0 Å². The van der Waals surface area contributed by atoms with E-state index in [9.17, 15) is 0 Å². The van der Waals surface area contributed by atoms with Crippen LogP contribution in [0.5, 0.6) is 0 Å². The molecule has 6 heavy (non-hydrogen) atoms. The highest BCUT2D eigenvalue weighted by Crippen LogP contribution is 1.28. The highest BCUT2D eigenvalue weighted by Gasteiger charge is 1.53. The van der Waals surface area contributed by atoms with E-state index >= 15 is 0 Å². The van der Waals surface area contributed by atoms with Crippen LogP contribution in [0.25, 0.3) is 0 Å². The van der Waals surface area contributed by atoms with Crippen molar-refractivity contribution in [1.82, 2.24) is 5.32 Å². The molecule has 0 fully saturated rings. The largest absolute Gasteiger partial charge is 0.229 e. The third-order valence-corrected chi connectivity index (χ3v) is 0.112. The van der Waals surface area contributed by atoms with Crippen molar-refractivity contribution in [1.29, 1.82) is 10.5 Å². The Morgan fingerprint density at radius 1 is 1.17 bits per heavy atom. The lowest BCUT2D eigenvalue weighted by molar-refractivity contribution is 1.20. The predicted molar refractivity (Wildman–Crippen MR) is 20.1 cm³/mol. The van der Waals surface area contributed by atoms with Gasteiger partial charge in [0.1, 0.15) is 0 Å². The quantitative estimate of drug-likeness (QED) is 0.233. The van der Waals surface area contributed by atoms with E-state index in [1.807, 2.05) is 0 Å². The molecule has 0 amide bonds. The van der Waals surface area contributed by atoms with Gasteiger partial charge < -0.3 is 0 Å². The monoisotopic (exact) mass is 78.0 g/mol. The molecule has 0 aromatic carbocycles. The number of rotatable bonds is 0. The van der Waals surface area contributed by atoms with Crippen LogP contribution in [-0.4, -0.2) is 8.41 Å². The highest BCUT2D eigenvalue weighted by molar-refractivity contribution is 5.75.